The maximum atomic E-state index is 12.9. The van der Waals surface area contributed by atoms with Crippen LogP contribution in [0.1, 0.15) is 57.1 Å². The lowest BCUT2D eigenvalue weighted by molar-refractivity contribution is 0.0923. The summed E-state index contributed by atoms with van der Waals surface area (Å²) in [5.74, 6) is 1.86. The highest BCUT2D eigenvalue weighted by Crippen LogP contribution is 2.28. The molecule has 39 heavy (non-hydrogen) atoms. The number of pyridine rings is 1. The van der Waals surface area contributed by atoms with E-state index >= 15 is 0 Å². The number of nitrogens with two attached hydrogens (primary N) is 1. The number of carbonyl (C=O) groups is 1. The zero-order valence-electron chi connectivity index (χ0n) is 23.3. The van der Waals surface area contributed by atoms with Crippen LogP contribution in [0.15, 0.2) is 18.5 Å². The van der Waals surface area contributed by atoms with E-state index in [1.807, 2.05) is 31.1 Å². The lowest BCUT2D eigenvalue weighted by Crippen LogP contribution is -2.38. The molecule has 0 aromatic carbocycles. The quantitative estimate of drug-likeness (QED) is 0.369. The van der Waals surface area contributed by atoms with Crippen molar-refractivity contribution >= 4 is 17.7 Å². The summed E-state index contributed by atoms with van der Waals surface area (Å²) in [6.45, 7) is 8.23. The van der Waals surface area contributed by atoms with Crippen molar-refractivity contribution in [3.05, 3.63) is 24.3 Å². The third-order valence-electron chi connectivity index (χ3n) is 6.97. The van der Waals surface area contributed by atoms with Gasteiger partial charge in [-0.25, -0.2) is 4.98 Å². The highest BCUT2D eigenvalue weighted by Gasteiger charge is 2.25. The molecule has 1 aliphatic heterocycles. The van der Waals surface area contributed by atoms with E-state index in [1.54, 1.807) is 10.9 Å². The Morgan fingerprint density at radius 1 is 1.23 bits per heavy atom. The van der Waals surface area contributed by atoms with Crippen molar-refractivity contribution in [2.24, 2.45) is 18.9 Å². The van der Waals surface area contributed by atoms with Crippen LogP contribution in [-0.4, -0.2) is 73.7 Å². The minimum absolute atomic E-state index is 0.0139. The van der Waals surface area contributed by atoms with Crippen molar-refractivity contribution in [1.29, 1.82) is 0 Å². The number of amides is 1. The van der Waals surface area contributed by atoms with Crippen LogP contribution >= 0.6 is 0 Å². The van der Waals surface area contributed by atoms with Crippen LogP contribution < -0.4 is 25.4 Å². The summed E-state index contributed by atoms with van der Waals surface area (Å²) in [4.78, 5) is 32.2. The average molecular weight is 539 g/mol. The molecular weight excluding hydrogens is 500 g/mol. The molecule has 1 aliphatic rings. The van der Waals surface area contributed by atoms with Gasteiger partial charge < -0.3 is 25.4 Å². The molecule has 3 N–H and O–H groups in total. The number of aryl methyl sites for hydroxylation is 1. The van der Waals surface area contributed by atoms with Crippen LogP contribution in [0, 0.1) is 11.8 Å². The van der Waals surface area contributed by atoms with Crippen LogP contribution in [0.25, 0.3) is 11.3 Å². The third-order valence-corrected chi connectivity index (χ3v) is 6.97. The topological polar surface area (TPSA) is 159 Å². The van der Waals surface area contributed by atoms with E-state index in [9.17, 15) is 4.79 Å². The standard InChI is InChI=1S/C26H38N10O3/c1-6-16(2)11-17(3)29-24(37)23-30-25(32-26(31-23)38-5)36-9-7-18(8-10-36)15-39-21-12-19(13-28-22(21)27)20-14-35(4)34-33-20/h12-14,16-18H,6-11,15H2,1-5H3,(H2,27,28)(H,29,37). The Kier molecular flexibility index (Phi) is 9.10. The summed E-state index contributed by atoms with van der Waals surface area (Å²) in [7, 11) is 3.29. The fourth-order valence-corrected chi connectivity index (χ4v) is 4.50. The number of piperidine rings is 1. The molecule has 1 amide bonds. The third kappa shape index (κ3) is 7.30. The van der Waals surface area contributed by atoms with Crippen molar-refractivity contribution in [2.45, 2.75) is 52.5 Å². The Balaban J connectivity index is 1.35. The summed E-state index contributed by atoms with van der Waals surface area (Å²) < 4.78 is 13.0. The predicted molar refractivity (Wildman–Crippen MR) is 146 cm³/mol. The van der Waals surface area contributed by atoms with E-state index in [1.165, 1.54) is 7.11 Å². The molecule has 0 spiro atoms. The monoisotopic (exact) mass is 538 g/mol. The fraction of sp³-hybridized carbons (Fsp3) is 0.577. The first-order valence-electron chi connectivity index (χ1n) is 13.4. The van der Waals surface area contributed by atoms with Gasteiger partial charge in [0.05, 0.1) is 19.9 Å². The van der Waals surface area contributed by atoms with Gasteiger partial charge in [0.25, 0.3) is 5.91 Å². The lowest BCUT2D eigenvalue weighted by Gasteiger charge is -2.32. The Morgan fingerprint density at radius 2 is 2.00 bits per heavy atom. The molecule has 3 aromatic heterocycles. The first kappa shape index (κ1) is 28.0. The van der Waals surface area contributed by atoms with Gasteiger partial charge in [-0.2, -0.15) is 15.0 Å². The molecule has 1 saturated heterocycles. The highest BCUT2D eigenvalue weighted by atomic mass is 16.5. The van der Waals surface area contributed by atoms with E-state index in [0.29, 0.717) is 54.7 Å². The molecule has 13 nitrogen and oxygen atoms in total. The summed E-state index contributed by atoms with van der Waals surface area (Å²) in [6, 6.07) is 1.98. The summed E-state index contributed by atoms with van der Waals surface area (Å²) in [5.41, 5.74) is 7.55. The zero-order chi connectivity index (χ0) is 27.9. The van der Waals surface area contributed by atoms with Gasteiger partial charge in [-0.05, 0) is 44.1 Å². The Hall–Kier alpha value is -4.03. The first-order chi connectivity index (χ1) is 18.7. The molecule has 0 saturated carbocycles. The SMILES string of the molecule is CCC(C)CC(C)NC(=O)c1nc(OC)nc(N2CCC(COc3cc(-c4cn(C)nn4)cnc3N)CC2)n1. The average Bonchev–Trinajstić information content (AvgIpc) is 3.38. The van der Waals surface area contributed by atoms with Crippen molar-refractivity contribution < 1.29 is 14.3 Å². The molecule has 1 fully saturated rings. The van der Waals surface area contributed by atoms with E-state index in [-0.39, 0.29) is 23.8 Å². The first-order valence-corrected chi connectivity index (χ1v) is 13.4. The normalized spacial score (nSPS) is 15.6. The second-order valence-electron chi connectivity index (χ2n) is 10.2. The largest absolute Gasteiger partial charge is 0.489 e. The smallest absolute Gasteiger partial charge is 0.321 e. The summed E-state index contributed by atoms with van der Waals surface area (Å²) in [6.07, 6.45) is 7.14. The molecule has 2 atom stereocenters. The molecule has 0 bridgehead atoms. The van der Waals surface area contributed by atoms with E-state index in [4.69, 9.17) is 15.2 Å². The highest BCUT2D eigenvalue weighted by molar-refractivity contribution is 5.91. The van der Waals surface area contributed by atoms with Crippen LogP contribution in [0.4, 0.5) is 11.8 Å². The van der Waals surface area contributed by atoms with Gasteiger partial charge in [0, 0.05) is 37.9 Å². The van der Waals surface area contributed by atoms with Crippen LogP contribution in [0.3, 0.4) is 0 Å². The van der Waals surface area contributed by atoms with Crippen LogP contribution in [-0.2, 0) is 7.05 Å². The molecule has 13 heteroatoms. The molecule has 4 heterocycles. The molecule has 0 aliphatic carbocycles. The van der Waals surface area contributed by atoms with Crippen LogP contribution in [0.2, 0.25) is 0 Å². The molecule has 3 aromatic rings. The number of methoxy groups -OCH3 is 1. The van der Waals surface area contributed by atoms with Crippen molar-refractivity contribution in [3.63, 3.8) is 0 Å². The number of hydrogen-bond donors (Lipinski definition) is 2. The van der Waals surface area contributed by atoms with Gasteiger partial charge in [-0.15, -0.1) is 5.10 Å². The Bertz CT molecular complexity index is 1260. The number of nitrogens with one attached hydrogen (secondary N) is 1. The number of carbonyl (C=O) groups excluding carboxylic acids is 1. The van der Waals surface area contributed by atoms with Gasteiger partial charge in [-0.1, -0.05) is 25.5 Å². The molecule has 0 radical (unpaired) electrons. The number of anilines is 2. The predicted octanol–water partition coefficient (Wildman–Crippen LogP) is 2.50. The number of ether oxygens (including phenoxy) is 2. The molecule has 210 valence electrons. The maximum Gasteiger partial charge on any atom is 0.321 e. The fourth-order valence-electron chi connectivity index (χ4n) is 4.50. The van der Waals surface area contributed by atoms with E-state index in [0.717, 1.165) is 31.2 Å². The zero-order valence-corrected chi connectivity index (χ0v) is 23.3. The van der Waals surface area contributed by atoms with Crippen molar-refractivity contribution in [1.82, 2.24) is 40.2 Å². The second kappa shape index (κ2) is 12.7. The van der Waals surface area contributed by atoms with Crippen LogP contribution in [0.5, 0.6) is 11.8 Å². The second-order valence-corrected chi connectivity index (χ2v) is 10.2. The number of nitrogens with zero attached hydrogens (tertiary/aromatic N) is 8. The number of aromatic nitrogens is 7. The van der Waals surface area contributed by atoms with Gasteiger partial charge in [0.1, 0.15) is 5.69 Å². The van der Waals surface area contributed by atoms with E-state index in [2.05, 4.69) is 49.4 Å². The van der Waals surface area contributed by atoms with Gasteiger partial charge in [0.15, 0.2) is 11.6 Å². The molecular formula is C26H38N10O3. The molecule has 2 unspecified atom stereocenters. The van der Waals surface area contributed by atoms with Crippen molar-refractivity contribution in [2.75, 3.05) is 37.4 Å². The van der Waals surface area contributed by atoms with Gasteiger partial charge >= 0.3 is 6.01 Å². The Morgan fingerprint density at radius 3 is 2.67 bits per heavy atom. The minimum Gasteiger partial charge on any atom is -0.489 e. The lowest BCUT2D eigenvalue weighted by atomic mass is 9.98. The van der Waals surface area contributed by atoms with Crippen molar-refractivity contribution in [3.8, 4) is 23.0 Å². The summed E-state index contributed by atoms with van der Waals surface area (Å²) in [5, 5.41) is 11.1. The Labute approximate surface area is 228 Å². The number of nitrogen functional groups attached to an aromatic ring is 1. The maximum absolute atomic E-state index is 12.9. The van der Waals surface area contributed by atoms with Gasteiger partial charge in [0.2, 0.25) is 11.8 Å². The van der Waals surface area contributed by atoms with Gasteiger partial charge in [-0.3, -0.25) is 9.48 Å². The van der Waals surface area contributed by atoms with E-state index < -0.39 is 0 Å². The number of hydrogen-bond acceptors (Lipinski definition) is 11. The molecule has 4 rings (SSSR count). The summed E-state index contributed by atoms with van der Waals surface area (Å²) >= 11 is 0. The number of rotatable bonds is 11. The minimum atomic E-state index is -0.328.